The normalized spacial score (nSPS) is 14.1. The molecule has 0 spiro atoms. The number of hydrogen-bond acceptors (Lipinski definition) is 5. The molecule has 0 atom stereocenters. The first-order chi connectivity index (χ1) is 13.1. The van der Waals surface area contributed by atoms with Crippen LogP contribution in [0.5, 0.6) is 11.5 Å². The Morgan fingerprint density at radius 2 is 1.70 bits per heavy atom. The standard InChI is InChI=1S/C20H24N2O5/c1-25-16-7-5-15(14-18(16)26-2)6-8-19(23)21-9-11-22(12-10-21)20(24)17-4-3-13-27-17/h3-5,7,13-14H,6,8-12H2,1-2H3. The van der Waals surface area contributed by atoms with Crippen LogP contribution >= 0.6 is 0 Å². The Hall–Kier alpha value is -2.96. The molecule has 0 unspecified atom stereocenters. The zero-order valence-corrected chi connectivity index (χ0v) is 15.6. The molecule has 2 aromatic rings. The number of aryl methyl sites for hydroxylation is 1. The topological polar surface area (TPSA) is 72.2 Å². The quantitative estimate of drug-likeness (QED) is 0.777. The van der Waals surface area contributed by atoms with Crippen LogP contribution in [0.15, 0.2) is 41.0 Å². The summed E-state index contributed by atoms with van der Waals surface area (Å²) in [5.41, 5.74) is 1.02. The van der Waals surface area contributed by atoms with Crippen molar-refractivity contribution in [3.63, 3.8) is 0 Å². The van der Waals surface area contributed by atoms with Crippen LogP contribution < -0.4 is 9.47 Å². The molecule has 0 N–H and O–H groups in total. The molecule has 0 bridgehead atoms. The number of carbonyl (C=O) groups is 2. The summed E-state index contributed by atoms with van der Waals surface area (Å²) in [5.74, 6) is 1.63. The van der Waals surface area contributed by atoms with E-state index in [9.17, 15) is 9.59 Å². The summed E-state index contributed by atoms with van der Waals surface area (Å²) >= 11 is 0. The van der Waals surface area contributed by atoms with Gasteiger partial charge in [0.15, 0.2) is 17.3 Å². The summed E-state index contributed by atoms with van der Waals surface area (Å²) in [6.45, 7) is 2.11. The third kappa shape index (κ3) is 4.42. The number of rotatable bonds is 6. The Labute approximate surface area is 158 Å². The van der Waals surface area contributed by atoms with Gasteiger partial charge in [-0.25, -0.2) is 0 Å². The largest absolute Gasteiger partial charge is 0.493 e. The molecule has 7 heteroatoms. The second-order valence-corrected chi connectivity index (χ2v) is 6.34. The molecule has 1 aliphatic rings. The van der Waals surface area contributed by atoms with E-state index in [4.69, 9.17) is 13.9 Å². The van der Waals surface area contributed by atoms with Crippen LogP contribution in [0.25, 0.3) is 0 Å². The number of ether oxygens (including phenoxy) is 2. The van der Waals surface area contributed by atoms with Crippen molar-refractivity contribution in [3.8, 4) is 11.5 Å². The van der Waals surface area contributed by atoms with E-state index in [2.05, 4.69) is 0 Å². The minimum atomic E-state index is -0.127. The molecule has 1 aliphatic heterocycles. The molecule has 7 nitrogen and oxygen atoms in total. The van der Waals surface area contributed by atoms with E-state index in [0.717, 1.165) is 5.56 Å². The van der Waals surface area contributed by atoms with Crippen LogP contribution in [0.3, 0.4) is 0 Å². The van der Waals surface area contributed by atoms with E-state index in [-0.39, 0.29) is 11.8 Å². The van der Waals surface area contributed by atoms with Gasteiger partial charge in [-0.1, -0.05) is 6.07 Å². The fraction of sp³-hybridized carbons (Fsp3) is 0.400. The lowest BCUT2D eigenvalue weighted by atomic mass is 10.1. The minimum absolute atomic E-state index is 0.0925. The third-order valence-corrected chi connectivity index (χ3v) is 4.73. The molecule has 2 heterocycles. The van der Waals surface area contributed by atoms with E-state index >= 15 is 0 Å². The lowest BCUT2D eigenvalue weighted by Gasteiger charge is -2.34. The molecule has 0 aliphatic carbocycles. The van der Waals surface area contributed by atoms with E-state index in [1.54, 1.807) is 31.3 Å². The smallest absolute Gasteiger partial charge is 0.289 e. The van der Waals surface area contributed by atoms with E-state index in [1.165, 1.54) is 6.26 Å². The minimum Gasteiger partial charge on any atom is -0.493 e. The summed E-state index contributed by atoms with van der Waals surface area (Å²) in [4.78, 5) is 28.3. The highest BCUT2D eigenvalue weighted by Gasteiger charge is 2.25. The highest BCUT2D eigenvalue weighted by Crippen LogP contribution is 2.28. The lowest BCUT2D eigenvalue weighted by molar-refractivity contribution is -0.132. The molecule has 3 rings (SSSR count). The van der Waals surface area contributed by atoms with Crippen LogP contribution in [-0.2, 0) is 11.2 Å². The zero-order chi connectivity index (χ0) is 19.2. The van der Waals surface area contributed by atoms with Gasteiger partial charge in [0.2, 0.25) is 5.91 Å². The molecule has 144 valence electrons. The van der Waals surface area contributed by atoms with Crippen molar-refractivity contribution < 1.29 is 23.5 Å². The van der Waals surface area contributed by atoms with Crippen LogP contribution in [0.2, 0.25) is 0 Å². The Morgan fingerprint density at radius 1 is 1.00 bits per heavy atom. The van der Waals surface area contributed by atoms with Gasteiger partial charge in [0.05, 0.1) is 20.5 Å². The van der Waals surface area contributed by atoms with E-state index in [1.807, 2.05) is 23.1 Å². The number of hydrogen-bond donors (Lipinski definition) is 0. The maximum atomic E-state index is 12.5. The van der Waals surface area contributed by atoms with Crippen LogP contribution in [0.1, 0.15) is 22.5 Å². The van der Waals surface area contributed by atoms with Crippen molar-refractivity contribution in [1.29, 1.82) is 0 Å². The van der Waals surface area contributed by atoms with Crippen molar-refractivity contribution in [3.05, 3.63) is 47.9 Å². The van der Waals surface area contributed by atoms with Gasteiger partial charge in [-0.3, -0.25) is 9.59 Å². The first-order valence-electron chi connectivity index (χ1n) is 8.94. The molecule has 1 aromatic heterocycles. The van der Waals surface area contributed by atoms with Crippen LogP contribution in [0, 0.1) is 0 Å². The zero-order valence-electron chi connectivity index (χ0n) is 15.6. The van der Waals surface area contributed by atoms with Gasteiger partial charge in [0, 0.05) is 32.6 Å². The first-order valence-corrected chi connectivity index (χ1v) is 8.94. The molecule has 0 radical (unpaired) electrons. The summed E-state index contributed by atoms with van der Waals surface area (Å²) in [6, 6.07) is 9.03. The second kappa shape index (κ2) is 8.62. The average molecular weight is 372 g/mol. The van der Waals surface area contributed by atoms with Gasteiger partial charge in [-0.2, -0.15) is 0 Å². The maximum Gasteiger partial charge on any atom is 0.289 e. The Kier molecular flexibility index (Phi) is 6.01. The molecular weight excluding hydrogens is 348 g/mol. The van der Waals surface area contributed by atoms with Crippen molar-refractivity contribution in [2.45, 2.75) is 12.8 Å². The molecule has 27 heavy (non-hydrogen) atoms. The van der Waals surface area contributed by atoms with Gasteiger partial charge >= 0.3 is 0 Å². The maximum absolute atomic E-state index is 12.5. The number of carbonyl (C=O) groups excluding carboxylic acids is 2. The summed E-state index contributed by atoms with van der Waals surface area (Å²) < 4.78 is 15.7. The van der Waals surface area contributed by atoms with Crippen LogP contribution in [0.4, 0.5) is 0 Å². The fourth-order valence-corrected chi connectivity index (χ4v) is 3.16. The molecule has 1 aromatic carbocycles. The highest BCUT2D eigenvalue weighted by molar-refractivity contribution is 5.91. The first kappa shape index (κ1) is 18.8. The number of piperazine rings is 1. The summed E-state index contributed by atoms with van der Waals surface area (Å²) in [5, 5.41) is 0. The van der Waals surface area contributed by atoms with E-state index < -0.39 is 0 Å². The molecular formula is C20H24N2O5. The SMILES string of the molecule is COc1ccc(CCC(=O)N2CCN(C(=O)c3ccco3)CC2)cc1OC. The monoisotopic (exact) mass is 372 g/mol. The number of amides is 2. The summed E-state index contributed by atoms with van der Waals surface area (Å²) in [6.07, 6.45) is 2.54. The number of methoxy groups -OCH3 is 2. The van der Waals surface area contributed by atoms with Gasteiger partial charge < -0.3 is 23.7 Å². The van der Waals surface area contributed by atoms with Crippen molar-refractivity contribution in [2.24, 2.45) is 0 Å². The number of nitrogens with zero attached hydrogens (tertiary/aromatic N) is 2. The fourth-order valence-electron chi connectivity index (χ4n) is 3.16. The van der Waals surface area contributed by atoms with Gasteiger partial charge in [0.1, 0.15) is 0 Å². The summed E-state index contributed by atoms with van der Waals surface area (Å²) in [7, 11) is 3.19. The molecule has 1 fully saturated rings. The van der Waals surface area contributed by atoms with Gasteiger partial charge in [0.25, 0.3) is 5.91 Å². The van der Waals surface area contributed by atoms with E-state index in [0.29, 0.717) is 56.3 Å². The second-order valence-electron chi connectivity index (χ2n) is 6.34. The molecule has 1 saturated heterocycles. The van der Waals surface area contributed by atoms with Crippen molar-refractivity contribution in [1.82, 2.24) is 9.80 Å². The lowest BCUT2D eigenvalue weighted by Crippen LogP contribution is -2.50. The number of benzene rings is 1. The van der Waals surface area contributed by atoms with Crippen molar-refractivity contribution in [2.75, 3.05) is 40.4 Å². The highest BCUT2D eigenvalue weighted by atomic mass is 16.5. The number of furan rings is 1. The molecule has 0 saturated carbocycles. The van der Waals surface area contributed by atoms with Crippen LogP contribution in [-0.4, -0.2) is 62.0 Å². The van der Waals surface area contributed by atoms with Gasteiger partial charge in [-0.15, -0.1) is 0 Å². The Balaban J connectivity index is 1.49. The van der Waals surface area contributed by atoms with Crippen molar-refractivity contribution >= 4 is 11.8 Å². The Bertz CT molecular complexity index is 780. The third-order valence-electron chi connectivity index (χ3n) is 4.73. The predicted octanol–water partition coefficient (Wildman–Crippen LogP) is 2.21. The average Bonchev–Trinajstić information content (AvgIpc) is 3.26. The van der Waals surface area contributed by atoms with Gasteiger partial charge in [-0.05, 0) is 36.2 Å². The molecule has 2 amide bonds. The predicted molar refractivity (Wildman–Crippen MR) is 99.1 cm³/mol. The Morgan fingerprint density at radius 3 is 2.33 bits per heavy atom.